The summed E-state index contributed by atoms with van der Waals surface area (Å²) in [5, 5.41) is 33.4. The van der Waals surface area contributed by atoms with Crippen molar-refractivity contribution in [3.8, 4) is 17.4 Å². The lowest BCUT2D eigenvalue weighted by atomic mass is 10.00. The fourth-order valence-corrected chi connectivity index (χ4v) is 5.64. The number of phenols is 2. The van der Waals surface area contributed by atoms with Crippen molar-refractivity contribution in [2.75, 3.05) is 20.2 Å². The predicted molar refractivity (Wildman–Crippen MR) is 146 cm³/mol. The molecule has 2 aromatic carbocycles. The van der Waals surface area contributed by atoms with Crippen molar-refractivity contribution in [1.82, 2.24) is 14.6 Å². The largest absolute Gasteiger partial charge is 0.504 e. The van der Waals surface area contributed by atoms with Gasteiger partial charge >= 0.3 is 0 Å². The minimum absolute atomic E-state index is 0.0352. The first kappa shape index (κ1) is 29.9. The molecule has 0 saturated heterocycles. The number of nitrogens with zero attached hydrogens (tertiary/aromatic N) is 2. The Hall–Kier alpha value is -3.67. The third-order valence-electron chi connectivity index (χ3n) is 6.03. The zero-order chi connectivity index (χ0) is 28.6. The van der Waals surface area contributed by atoms with Gasteiger partial charge in [-0.25, -0.2) is 13.4 Å². The molecule has 10 nitrogen and oxygen atoms in total. The molecule has 4 N–H and O–H groups in total. The van der Waals surface area contributed by atoms with Crippen LogP contribution in [0.4, 0.5) is 0 Å². The Bertz CT molecular complexity index is 1330. The molecule has 3 rings (SSSR count). The lowest BCUT2D eigenvalue weighted by Gasteiger charge is -2.30. The normalized spacial score (nSPS) is 13.3. The number of aliphatic hydroxyl groups excluding tert-OH is 1. The topological polar surface area (TPSA) is 149 Å². The number of benzene rings is 2. The highest BCUT2D eigenvalue weighted by Gasteiger charge is 2.31. The van der Waals surface area contributed by atoms with Gasteiger partial charge in [-0.05, 0) is 41.7 Å². The molecule has 39 heavy (non-hydrogen) atoms. The van der Waals surface area contributed by atoms with Gasteiger partial charge in [0.2, 0.25) is 21.8 Å². The van der Waals surface area contributed by atoms with E-state index in [2.05, 4.69) is 10.3 Å². The van der Waals surface area contributed by atoms with Gasteiger partial charge in [-0.1, -0.05) is 50.2 Å². The highest BCUT2D eigenvalue weighted by molar-refractivity contribution is 7.89. The molecule has 0 saturated carbocycles. The number of amides is 1. The number of nitrogens with one attached hydrogen (secondary N) is 1. The van der Waals surface area contributed by atoms with Crippen LogP contribution in [-0.4, -0.2) is 71.3 Å². The van der Waals surface area contributed by atoms with E-state index in [9.17, 15) is 28.5 Å². The summed E-state index contributed by atoms with van der Waals surface area (Å²) in [4.78, 5) is 16.9. The molecule has 0 fully saturated rings. The number of aliphatic hydroxyl groups is 1. The Morgan fingerprint density at radius 2 is 1.72 bits per heavy atom. The number of phenolic OH excluding ortho intramolecular Hbond substituents is 2. The number of aromatic nitrogens is 1. The number of sulfonamides is 1. The number of methoxy groups -OCH3 is 1. The molecule has 3 aromatic rings. The third kappa shape index (κ3) is 8.41. The van der Waals surface area contributed by atoms with Crippen LogP contribution in [0.3, 0.4) is 0 Å². The van der Waals surface area contributed by atoms with E-state index in [0.29, 0.717) is 5.56 Å². The van der Waals surface area contributed by atoms with Crippen LogP contribution in [0, 0.1) is 5.92 Å². The van der Waals surface area contributed by atoms with E-state index >= 15 is 0 Å². The SMILES string of the molecule is COc1ccc(S(=O)(=O)N(CC(C)C)C[C@@H](O)[C@H](Cc2ccccc2)NC(=O)Cc2ccc(O)c(O)c2)cn1. The molecule has 210 valence electrons. The summed E-state index contributed by atoms with van der Waals surface area (Å²) in [6.07, 6.45) is 0.109. The van der Waals surface area contributed by atoms with Crippen molar-refractivity contribution in [3.63, 3.8) is 0 Å². The molecule has 0 aliphatic rings. The van der Waals surface area contributed by atoms with Gasteiger partial charge in [0.05, 0.1) is 31.9 Å². The number of rotatable bonds is 13. The van der Waals surface area contributed by atoms with Crippen molar-refractivity contribution in [2.45, 2.75) is 43.7 Å². The molecule has 11 heteroatoms. The molecule has 0 spiro atoms. The van der Waals surface area contributed by atoms with Crippen LogP contribution in [0.25, 0.3) is 0 Å². The minimum Gasteiger partial charge on any atom is -0.504 e. The van der Waals surface area contributed by atoms with Crippen LogP contribution in [-0.2, 0) is 27.7 Å². The van der Waals surface area contributed by atoms with Crippen molar-refractivity contribution < 1.29 is 33.3 Å². The summed E-state index contributed by atoms with van der Waals surface area (Å²) in [6.45, 7) is 3.63. The van der Waals surface area contributed by atoms with Crippen molar-refractivity contribution in [1.29, 1.82) is 0 Å². The number of hydrogen-bond acceptors (Lipinski definition) is 8. The molecule has 2 atom stereocenters. The smallest absolute Gasteiger partial charge is 0.244 e. The first-order chi connectivity index (χ1) is 18.5. The maximum Gasteiger partial charge on any atom is 0.244 e. The standard InChI is InChI=1S/C28H35N3O7S/c1-19(2)17-31(39(36,37)22-10-12-28(38-3)29-16-22)18-26(34)23(13-20-7-5-4-6-8-20)30-27(35)15-21-9-11-24(32)25(33)14-21/h4-12,14,16,19,23,26,32-34H,13,15,17-18H2,1-3H3,(H,30,35)/t23-,26+/m0/s1. The zero-order valence-electron chi connectivity index (χ0n) is 22.2. The zero-order valence-corrected chi connectivity index (χ0v) is 23.0. The van der Waals surface area contributed by atoms with Gasteiger partial charge in [-0.15, -0.1) is 0 Å². The first-order valence-corrected chi connectivity index (χ1v) is 14.0. The fourth-order valence-electron chi connectivity index (χ4n) is 4.08. The average molecular weight is 558 g/mol. The number of pyridine rings is 1. The number of aromatic hydroxyl groups is 2. The van der Waals surface area contributed by atoms with Crippen molar-refractivity contribution >= 4 is 15.9 Å². The molecule has 1 amide bonds. The quantitative estimate of drug-likeness (QED) is 0.234. The summed E-state index contributed by atoms with van der Waals surface area (Å²) >= 11 is 0. The molecule has 0 unspecified atom stereocenters. The molecular weight excluding hydrogens is 522 g/mol. The van der Waals surface area contributed by atoms with Gasteiger partial charge in [-0.3, -0.25) is 4.79 Å². The number of carbonyl (C=O) groups is 1. The molecule has 1 aromatic heterocycles. The van der Waals surface area contributed by atoms with Crippen molar-refractivity contribution in [3.05, 3.63) is 78.0 Å². The Kier molecular flexibility index (Phi) is 10.3. The summed E-state index contributed by atoms with van der Waals surface area (Å²) < 4.78 is 33.2. The van der Waals surface area contributed by atoms with E-state index in [0.717, 1.165) is 5.56 Å². The second kappa shape index (κ2) is 13.4. The summed E-state index contributed by atoms with van der Waals surface area (Å²) in [5.74, 6) is -0.837. The molecule has 0 radical (unpaired) electrons. The van der Waals surface area contributed by atoms with E-state index < -0.39 is 28.1 Å². The predicted octanol–water partition coefficient (Wildman–Crippen LogP) is 2.48. The van der Waals surface area contributed by atoms with E-state index in [4.69, 9.17) is 4.74 Å². The summed E-state index contributed by atoms with van der Waals surface area (Å²) in [5.41, 5.74) is 1.31. The van der Waals surface area contributed by atoms with Gasteiger partial charge in [0.15, 0.2) is 11.5 Å². The van der Waals surface area contributed by atoms with Crippen LogP contribution in [0.2, 0.25) is 0 Å². The van der Waals surface area contributed by atoms with Gasteiger partial charge in [0.1, 0.15) is 4.90 Å². The second-order valence-corrected chi connectivity index (χ2v) is 11.6. The monoisotopic (exact) mass is 557 g/mol. The van der Waals surface area contributed by atoms with Crippen LogP contribution in [0.15, 0.2) is 71.8 Å². The van der Waals surface area contributed by atoms with E-state index in [-0.39, 0.29) is 54.1 Å². The number of ether oxygens (including phenoxy) is 1. The van der Waals surface area contributed by atoms with Gasteiger partial charge in [0.25, 0.3) is 0 Å². The van der Waals surface area contributed by atoms with Gasteiger partial charge < -0.3 is 25.4 Å². The average Bonchev–Trinajstić information content (AvgIpc) is 2.90. The Morgan fingerprint density at radius 1 is 1.00 bits per heavy atom. The molecule has 1 heterocycles. The Morgan fingerprint density at radius 3 is 2.31 bits per heavy atom. The Balaban J connectivity index is 1.84. The lowest BCUT2D eigenvalue weighted by Crippen LogP contribution is -2.51. The molecular formula is C28H35N3O7S. The number of hydrogen-bond donors (Lipinski definition) is 4. The van der Waals surface area contributed by atoms with E-state index in [1.165, 1.54) is 47.9 Å². The van der Waals surface area contributed by atoms with Crippen LogP contribution >= 0.6 is 0 Å². The highest BCUT2D eigenvalue weighted by Crippen LogP contribution is 2.25. The molecule has 0 bridgehead atoms. The summed E-state index contributed by atoms with van der Waals surface area (Å²) in [7, 11) is -2.58. The number of carbonyl (C=O) groups excluding carboxylic acids is 1. The van der Waals surface area contributed by atoms with E-state index in [1.54, 1.807) is 0 Å². The van der Waals surface area contributed by atoms with Crippen LogP contribution in [0.5, 0.6) is 17.4 Å². The Labute approximate surface area is 229 Å². The van der Waals surface area contributed by atoms with Crippen LogP contribution in [0.1, 0.15) is 25.0 Å². The summed E-state index contributed by atoms with van der Waals surface area (Å²) in [6, 6.07) is 15.4. The third-order valence-corrected chi connectivity index (χ3v) is 7.84. The highest BCUT2D eigenvalue weighted by atomic mass is 32.2. The van der Waals surface area contributed by atoms with Gasteiger partial charge in [0, 0.05) is 19.2 Å². The molecule has 0 aliphatic heterocycles. The minimum atomic E-state index is -4.02. The maximum absolute atomic E-state index is 13.5. The van der Waals surface area contributed by atoms with Crippen molar-refractivity contribution in [2.24, 2.45) is 5.92 Å². The van der Waals surface area contributed by atoms with Crippen LogP contribution < -0.4 is 10.1 Å². The maximum atomic E-state index is 13.5. The lowest BCUT2D eigenvalue weighted by molar-refractivity contribution is -0.122. The first-order valence-electron chi connectivity index (χ1n) is 12.5. The van der Waals surface area contributed by atoms with E-state index in [1.807, 2.05) is 44.2 Å². The molecule has 0 aliphatic carbocycles. The fraction of sp³-hybridized carbons (Fsp3) is 0.357. The van der Waals surface area contributed by atoms with Gasteiger partial charge in [-0.2, -0.15) is 4.31 Å². The second-order valence-electron chi connectivity index (χ2n) is 9.68.